The molecule has 1 aromatic rings. The van der Waals surface area contributed by atoms with Gasteiger partial charge in [0, 0.05) is 25.1 Å². The highest BCUT2D eigenvalue weighted by Crippen LogP contribution is 2.15. The van der Waals surface area contributed by atoms with Crippen LogP contribution in [0.25, 0.3) is 0 Å². The Balaban J connectivity index is 2.59. The van der Waals surface area contributed by atoms with Crippen LogP contribution >= 0.6 is 11.8 Å². The van der Waals surface area contributed by atoms with Crippen molar-refractivity contribution in [1.82, 2.24) is 4.90 Å². The summed E-state index contributed by atoms with van der Waals surface area (Å²) >= 11 is 1.69. The molecule has 0 atom stereocenters. The summed E-state index contributed by atoms with van der Waals surface area (Å²) in [6, 6.07) is 8.17. The average molecular weight is 269 g/mol. The van der Waals surface area contributed by atoms with Crippen LogP contribution in [0, 0.1) is 0 Å². The lowest BCUT2D eigenvalue weighted by Crippen LogP contribution is -2.32. The van der Waals surface area contributed by atoms with Crippen LogP contribution in [0.2, 0.25) is 0 Å². The van der Waals surface area contributed by atoms with Crippen LogP contribution in [0.5, 0.6) is 0 Å². The first kappa shape index (κ1) is 15.0. The Morgan fingerprint density at radius 3 is 2.56 bits per heavy atom. The fourth-order valence-electron chi connectivity index (χ4n) is 1.61. The Kier molecular flexibility index (Phi) is 6.78. The zero-order valence-corrected chi connectivity index (χ0v) is 11.6. The average Bonchev–Trinajstić information content (AvgIpc) is 2.36. The van der Waals surface area contributed by atoms with E-state index in [1.54, 1.807) is 18.9 Å². The van der Waals surface area contributed by atoms with Crippen molar-refractivity contribution in [1.29, 1.82) is 0 Å². The predicted molar refractivity (Wildman–Crippen MR) is 73.0 cm³/mol. The van der Waals surface area contributed by atoms with Crippen LogP contribution in [0.15, 0.2) is 29.2 Å². The second-order valence-electron chi connectivity index (χ2n) is 3.95. The van der Waals surface area contributed by atoms with E-state index >= 15 is 0 Å². The van der Waals surface area contributed by atoms with Gasteiger partial charge in [-0.1, -0.05) is 12.1 Å². The van der Waals surface area contributed by atoms with Crippen molar-refractivity contribution in [2.45, 2.75) is 11.4 Å². The lowest BCUT2D eigenvalue weighted by Gasteiger charge is -2.19. The van der Waals surface area contributed by atoms with E-state index in [1.165, 1.54) is 4.90 Å². The number of benzene rings is 1. The van der Waals surface area contributed by atoms with Gasteiger partial charge in [0.15, 0.2) is 0 Å². The Morgan fingerprint density at radius 2 is 2.06 bits per heavy atom. The molecule has 0 fully saturated rings. The molecule has 0 aliphatic heterocycles. The van der Waals surface area contributed by atoms with Gasteiger partial charge >= 0.3 is 5.97 Å². The molecule has 5 heteroatoms. The van der Waals surface area contributed by atoms with Crippen molar-refractivity contribution in [2.75, 3.05) is 33.1 Å². The second kappa shape index (κ2) is 8.13. The van der Waals surface area contributed by atoms with Crippen LogP contribution in [-0.2, 0) is 16.1 Å². The minimum absolute atomic E-state index is 0.0354. The molecule has 0 amide bonds. The molecule has 4 nitrogen and oxygen atoms in total. The summed E-state index contributed by atoms with van der Waals surface area (Å²) in [7, 11) is 1.62. The summed E-state index contributed by atoms with van der Waals surface area (Å²) in [6.07, 6.45) is 2.03. The van der Waals surface area contributed by atoms with Gasteiger partial charge in [0.05, 0.1) is 13.2 Å². The Hall–Kier alpha value is -1.04. The highest BCUT2D eigenvalue weighted by Gasteiger charge is 2.10. The van der Waals surface area contributed by atoms with E-state index in [4.69, 9.17) is 9.84 Å². The monoisotopic (exact) mass is 269 g/mol. The molecule has 0 saturated heterocycles. The summed E-state index contributed by atoms with van der Waals surface area (Å²) < 4.78 is 4.99. The third-order valence-electron chi connectivity index (χ3n) is 2.54. The van der Waals surface area contributed by atoms with Gasteiger partial charge in [-0.15, -0.1) is 11.8 Å². The van der Waals surface area contributed by atoms with Crippen LogP contribution in [0.4, 0.5) is 0 Å². The molecule has 0 bridgehead atoms. The minimum atomic E-state index is -0.813. The first-order valence-electron chi connectivity index (χ1n) is 5.71. The fourth-order valence-corrected chi connectivity index (χ4v) is 2.02. The van der Waals surface area contributed by atoms with Crippen LogP contribution in [0.3, 0.4) is 0 Å². The van der Waals surface area contributed by atoms with Gasteiger partial charge in [-0.2, -0.15) is 0 Å². The molecular formula is C13H19NO3S. The molecule has 18 heavy (non-hydrogen) atoms. The molecule has 0 spiro atoms. The number of carboxylic acids is 1. The van der Waals surface area contributed by atoms with E-state index < -0.39 is 5.97 Å². The third-order valence-corrected chi connectivity index (χ3v) is 3.28. The number of hydrogen-bond donors (Lipinski definition) is 1. The lowest BCUT2D eigenvalue weighted by molar-refractivity contribution is -0.138. The highest BCUT2D eigenvalue weighted by atomic mass is 32.2. The van der Waals surface area contributed by atoms with Crippen molar-refractivity contribution in [3.05, 3.63) is 29.8 Å². The first-order valence-corrected chi connectivity index (χ1v) is 6.94. The molecule has 0 aliphatic rings. The van der Waals surface area contributed by atoms with Gasteiger partial charge in [0.1, 0.15) is 0 Å². The van der Waals surface area contributed by atoms with Crippen molar-refractivity contribution in [3.63, 3.8) is 0 Å². The lowest BCUT2D eigenvalue weighted by atomic mass is 10.2. The summed E-state index contributed by atoms with van der Waals surface area (Å²) in [5.74, 6) is -0.813. The standard InChI is InChI=1S/C13H19NO3S/c1-17-8-7-14(10-13(15)16)9-11-3-5-12(18-2)6-4-11/h3-6H,7-10H2,1-2H3,(H,15,16). The van der Waals surface area contributed by atoms with Crippen molar-refractivity contribution >= 4 is 17.7 Å². The number of rotatable bonds is 8. The van der Waals surface area contributed by atoms with Gasteiger partial charge in [-0.05, 0) is 24.0 Å². The number of thioether (sulfide) groups is 1. The Bertz CT molecular complexity index is 367. The number of hydrogen-bond acceptors (Lipinski definition) is 4. The summed E-state index contributed by atoms with van der Waals surface area (Å²) in [6.45, 7) is 1.82. The molecule has 1 rings (SSSR count). The fraction of sp³-hybridized carbons (Fsp3) is 0.462. The van der Waals surface area contributed by atoms with Gasteiger partial charge < -0.3 is 9.84 Å². The normalized spacial score (nSPS) is 10.8. The molecule has 1 aromatic carbocycles. The topological polar surface area (TPSA) is 49.8 Å². The Morgan fingerprint density at radius 1 is 1.39 bits per heavy atom. The van der Waals surface area contributed by atoms with Crippen LogP contribution < -0.4 is 0 Å². The maximum Gasteiger partial charge on any atom is 0.317 e. The van der Waals surface area contributed by atoms with Crippen LogP contribution in [0.1, 0.15) is 5.56 Å². The van der Waals surface area contributed by atoms with E-state index in [1.807, 2.05) is 23.3 Å². The summed E-state index contributed by atoms with van der Waals surface area (Å²) in [5.41, 5.74) is 1.12. The maximum atomic E-state index is 10.8. The summed E-state index contributed by atoms with van der Waals surface area (Å²) in [4.78, 5) is 13.8. The quantitative estimate of drug-likeness (QED) is 0.731. The van der Waals surface area contributed by atoms with Gasteiger partial charge in [-0.3, -0.25) is 9.69 Å². The molecule has 0 heterocycles. The predicted octanol–water partition coefficient (Wildman–Crippen LogP) is 1.94. The number of methoxy groups -OCH3 is 1. The zero-order valence-electron chi connectivity index (χ0n) is 10.8. The molecule has 0 unspecified atom stereocenters. The molecule has 0 saturated carbocycles. The summed E-state index contributed by atoms with van der Waals surface area (Å²) in [5, 5.41) is 8.86. The first-order chi connectivity index (χ1) is 8.65. The number of nitrogens with zero attached hydrogens (tertiary/aromatic N) is 1. The Labute approximate surface area is 112 Å². The number of carbonyl (C=O) groups is 1. The highest BCUT2D eigenvalue weighted by molar-refractivity contribution is 7.98. The molecule has 100 valence electrons. The van der Waals surface area contributed by atoms with E-state index in [9.17, 15) is 4.79 Å². The molecule has 0 radical (unpaired) electrons. The number of ether oxygens (including phenoxy) is 1. The molecule has 0 aromatic heterocycles. The van der Waals surface area contributed by atoms with Crippen molar-refractivity contribution in [2.24, 2.45) is 0 Å². The molecule has 0 aliphatic carbocycles. The van der Waals surface area contributed by atoms with E-state index in [2.05, 4.69) is 12.1 Å². The zero-order chi connectivity index (χ0) is 13.4. The third kappa shape index (κ3) is 5.53. The van der Waals surface area contributed by atoms with Gasteiger partial charge in [-0.25, -0.2) is 0 Å². The molecular weight excluding hydrogens is 250 g/mol. The van der Waals surface area contributed by atoms with E-state index in [0.29, 0.717) is 19.7 Å². The second-order valence-corrected chi connectivity index (χ2v) is 4.82. The number of carboxylic acid groups (broad SMARTS) is 1. The largest absolute Gasteiger partial charge is 0.480 e. The van der Waals surface area contributed by atoms with E-state index in [-0.39, 0.29) is 6.54 Å². The van der Waals surface area contributed by atoms with Crippen molar-refractivity contribution < 1.29 is 14.6 Å². The molecule has 1 N–H and O–H groups in total. The maximum absolute atomic E-state index is 10.8. The SMILES string of the molecule is COCCN(CC(=O)O)Cc1ccc(SC)cc1. The number of aliphatic carboxylic acids is 1. The van der Waals surface area contributed by atoms with Gasteiger partial charge in [0.25, 0.3) is 0 Å². The van der Waals surface area contributed by atoms with Crippen LogP contribution in [-0.4, -0.2) is 49.0 Å². The smallest absolute Gasteiger partial charge is 0.317 e. The van der Waals surface area contributed by atoms with E-state index in [0.717, 1.165) is 5.56 Å². The van der Waals surface area contributed by atoms with Gasteiger partial charge in [0.2, 0.25) is 0 Å². The minimum Gasteiger partial charge on any atom is -0.480 e. The van der Waals surface area contributed by atoms with Crippen molar-refractivity contribution in [3.8, 4) is 0 Å².